The average molecular weight is 233 g/mol. The summed E-state index contributed by atoms with van der Waals surface area (Å²) < 4.78 is 0. The van der Waals surface area contributed by atoms with Crippen LogP contribution in [0.1, 0.15) is 23.2 Å². The number of Topliss-reactive ketones (excluding diaryl/α,β-unsaturated/α-hetero) is 1. The summed E-state index contributed by atoms with van der Waals surface area (Å²) in [5, 5.41) is 3.32. The van der Waals surface area contributed by atoms with Gasteiger partial charge in [0, 0.05) is 50.6 Å². The van der Waals surface area contributed by atoms with E-state index in [1.807, 2.05) is 0 Å². The van der Waals surface area contributed by atoms with Crippen LogP contribution in [0.5, 0.6) is 0 Å². The van der Waals surface area contributed by atoms with E-state index in [9.17, 15) is 4.79 Å². The minimum absolute atomic E-state index is 0.225. The van der Waals surface area contributed by atoms with Crippen LogP contribution in [0.2, 0.25) is 0 Å². The van der Waals surface area contributed by atoms with E-state index < -0.39 is 0 Å². The second-order valence-electron chi connectivity index (χ2n) is 4.35. The molecular formula is C13H19N3O. The lowest BCUT2D eigenvalue weighted by Gasteiger charge is -2.26. The molecule has 17 heavy (non-hydrogen) atoms. The first-order chi connectivity index (χ1) is 8.36. The monoisotopic (exact) mass is 233 g/mol. The minimum Gasteiger partial charge on any atom is -0.314 e. The minimum atomic E-state index is 0.225. The summed E-state index contributed by atoms with van der Waals surface area (Å²) in [7, 11) is 0. The van der Waals surface area contributed by atoms with Gasteiger partial charge in [-0.05, 0) is 25.1 Å². The SMILES string of the molecule is O=C(CCCN1CCNCC1)c1ccncc1. The maximum atomic E-state index is 11.8. The fraction of sp³-hybridized carbons (Fsp3) is 0.538. The number of piperazine rings is 1. The van der Waals surface area contributed by atoms with Gasteiger partial charge in [0.15, 0.2) is 5.78 Å². The molecular weight excluding hydrogens is 214 g/mol. The van der Waals surface area contributed by atoms with Crippen molar-refractivity contribution >= 4 is 5.78 Å². The Kier molecular flexibility index (Phi) is 4.64. The van der Waals surface area contributed by atoms with E-state index in [2.05, 4.69) is 15.2 Å². The first-order valence-electron chi connectivity index (χ1n) is 6.22. The Morgan fingerprint density at radius 2 is 2.00 bits per heavy atom. The van der Waals surface area contributed by atoms with Crippen LogP contribution in [0.25, 0.3) is 0 Å². The van der Waals surface area contributed by atoms with Crippen LogP contribution >= 0.6 is 0 Å². The molecule has 1 saturated heterocycles. The van der Waals surface area contributed by atoms with E-state index in [-0.39, 0.29) is 5.78 Å². The van der Waals surface area contributed by atoms with Gasteiger partial charge in [-0.3, -0.25) is 9.78 Å². The lowest BCUT2D eigenvalue weighted by Crippen LogP contribution is -2.43. The number of ketones is 1. The zero-order chi connectivity index (χ0) is 11.9. The van der Waals surface area contributed by atoms with Crippen LogP contribution in [0.15, 0.2) is 24.5 Å². The topological polar surface area (TPSA) is 45.2 Å². The van der Waals surface area contributed by atoms with Gasteiger partial charge < -0.3 is 10.2 Å². The van der Waals surface area contributed by atoms with E-state index in [1.54, 1.807) is 24.5 Å². The van der Waals surface area contributed by atoms with Gasteiger partial charge in [0.2, 0.25) is 0 Å². The molecule has 1 N–H and O–H groups in total. The number of carbonyl (C=O) groups is 1. The number of aromatic nitrogens is 1. The summed E-state index contributed by atoms with van der Waals surface area (Å²) in [5.74, 6) is 0.225. The van der Waals surface area contributed by atoms with Crippen molar-refractivity contribution in [2.45, 2.75) is 12.8 Å². The zero-order valence-electron chi connectivity index (χ0n) is 10.1. The molecule has 0 aliphatic carbocycles. The summed E-state index contributed by atoms with van der Waals surface area (Å²) in [6.07, 6.45) is 4.92. The molecule has 92 valence electrons. The van der Waals surface area contributed by atoms with Crippen LogP contribution in [0.4, 0.5) is 0 Å². The fourth-order valence-electron chi connectivity index (χ4n) is 2.08. The van der Waals surface area contributed by atoms with Crippen molar-refractivity contribution in [1.82, 2.24) is 15.2 Å². The number of nitrogens with zero attached hydrogens (tertiary/aromatic N) is 2. The lowest BCUT2D eigenvalue weighted by atomic mass is 10.1. The number of hydrogen-bond donors (Lipinski definition) is 1. The highest BCUT2D eigenvalue weighted by Crippen LogP contribution is 2.05. The summed E-state index contributed by atoms with van der Waals surface area (Å²) in [5.41, 5.74) is 0.778. The molecule has 0 aromatic carbocycles. The third-order valence-corrected chi connectivity index (χ3v) is 3.09. The van der Waals surface area contributed by atoms with Gasteiger partial charge in [-0.1, -0.05) is 0 Å². The summed E-state index contributed by atoms with van der Waals surface area (Å²) in [6.45, 7) is 5.36. The van der Waals surface area contributed by atoms with Crippen LogP contribution in [0, 0.1) is 0 Å². The molecule has 1 aliphatic heterocycles. The van der Waals surface area contributed by atoms with Crippen molar-refractivity contribution in [3.8, 4) is 0 Å². The third kappa shape index (κ3) is 3.91. The fourth-order valence-corrected chi connectivity index (χ4v) is 2.08. The van der Waals surface area contributed by atoms with Crippen molar-refractivity contribution in [2.75, 3.05) is 32.7 Å². The van der Waals surface area contributed by atoms with E-state index >= 15 is 0 Å². The van der Waals surface area contributed by atoms with Gasteiger partial charge in [-0.15, -0.1) is 0 Å². The maximum Gasteiger partial charge on any atom is 0.163 e. The van der Waals surface area contributed by atoms with Crippen molar-refractivity contribution in [3.05, 3.63) is 30.1 Å². The molecule has 0 spiro atoms. The predicted molar refractivity (Wildman–Crippen MR) is 67.1 cm³/mol. The summed E-state index contributed by atoms with van der Waals surface area (Å²) in [6, 6.07) is 3.57. The van der Waals surface area contributed by atoms with E-state index in [4.69, 9.17) is 0 Å². The molecule has 1 aromatic rings. The standard InChI is InChI=1S/C13H19N3O/c17-13(12-3-5-14-6-4-12)2-1-9-16-10-7-15-8-11-16/h3-6,15H,1-2,7-11H2. The second kappa shape index (κ2) is 6.47. The molecule has 0 amide bonds. The number of nitrogens with one attached hydrogen (secondary N) is 1. The van der Waals surface area contributed by atoms with Gasteiger partial charge in [-0.2, -0.15) is 0 Å². The molecule has 4 heteroatoms. The van der Waals surface area contributed by atoms with Gasteiger partial charge in [0.25, 0.3) is 0 Å². The molecule has 4 nitrogen and oxygen atoms in total. The first-order valence-corrected chi connectivity index (χ1v) is 6.22. The maximum absolute atomic E-state index is 11.8. The van der Waals surface area contributed by atoms with Gasteiger partial charge in [0.05, 0.1) is 0 Å². The number of hydrogen-bond acceptors (Lipinski definition) is 4. The van der Waals surface area contributed by atoms with E-state index in [1.165, 1.54) is 0 Å². The largest absolute Gasteiger partial charge is 0.314 e. The normalized spacial score (nSPS) is 16.9. The zero-order valence-corrected chi connectivity index (χ0v) is 10.1. The predicted octanol–water partition coefficient (Wildman–Crippen LogP) is 0.950. The van der Waals surface area contributed by atoms with Crippen LogP contribution < -0.4 is 5.32 Å². The van der Waals surface area contributed by atoms with Gasteiger partial charge in [-0.25, -0.2) is 0 Å². The summed E-state index contributed by atoms with van der Waals surface area (Å²) >= 11 is 0. The van der Waals surface area contributed by atoms with Crippen LogP contribution in [0.3, 0.4) is 0 Å². The van der Waals surface area contributed by atoms with Crippen molar-refractivity contribution in [1.29, 1.82) is 0 Å². The molecule has 0 unspecified atom stereocenters. The molecule has 0 bridgehead atoms. The first kappa shape index (κ1) is 12.2. The van der Waals surface area contributed by atoms with Crippen molar-refractivity contribution < 1.29 is 4.79 Å². The number of pyridine rings is 1. The smallest absolute Gasteiger partial charge is 0.163 e. The highest BCUT2D eigenvalue weighted by Gasteiger charge is 2.10. The Labute approximate surface area is 102 Å². The molecule has 2 heterocycles. The third-order valence-electron chi connectivity index (χ3n) is 3.09. The Morgan fingerprint density at radius 3 is 2.71 bits per heavy atom. The lowest BCUT2D eigenvalue weighted by molar-refractivity contribution is 0.0973. The molecule has 0 radical (unpaired) electrons. The van der Waals surface area contributed by atoms with E-state index in [0.29, 0.717) is 6.42 Å². The average Bonchev–Trinajstić information content (AvgIpc) is 2.41. The highest BCUT2D eigenvalue weighted by molar-refractivity contribution is 5.95. The molecule has 0 atom stereocenters. The molecule has 1 aliphatic rings. The van der Waals surface area contributed by atoms with Crippen LogP contribution in [-0.2, 0) is 0 Å². The second-order valence-corrected chi connectivity index (χ2v) is 4.35. The molecule has 2 rings (SSSR count). The summed E-state index contributed by atoms with van der Waals surface area (Å²) in [4.78, 5) is 18.2. The van der Waals surface area contributed by atoms with E-state index in [0.717, 1.165) is 44.7 Å². The Morgan fingerprint density at radius 1 is 1.29 bits per heavy atom. The van der Waals surface area contributed by atoms with Gasteiger partial charge in [0.1, 0.15) is 0 Å². The number of rotatable bonds is 5. The van der Waals surface area contributed by atoms with Crippen molar-refractivity contribution in [2.24, 2.45) is 0 Å². The quantitative estimate of drug-likeness (QED) is 0.769. The number of carbonyl (C=O) groups excluding carboxylic acids is 1. The van der Waals surface area contributed by atoms with Crippen molar-refractivity contribution in [3.63, 3.8) is 0 Å². The Balaban J connectivity index is 1.69. The highest BCUT2D eigenvalue weighted by atomic mass is 16.1. The molecule has 0 saturated carbocycles. The van der Waals surface area contributed by atoms with Crippen LogP contribution in [-0.4, -0.2) is 48.4 Å². The Hall–Kier alpha value is -1.26. The molecule has 1 aromatic heterocycles. The van der Waals surface area contributed by atoms with Gasteiger partial charge >= 0.3 is 0 Å². The molecule has 1 fully saturated rings. The Bertz CT molecular complexity index is 347.